The van der Waals surface area contributed by atoms with Gasteiger partial charge in [0.15, 0.2) is 12.4 Å². The summed E-state index contributed by atoms with van der Waals surface area (Å²) in [5, 5.41) is 2.51. The predicted octanol–water partition coefficient (Wildman–Crippen LogP) is 0.897. The molecule has 1 aromatic heterocycles. The van der Waals surface area contributed by atoms with Crippen LogP contribution in [0.2, 0.25) is 0 Å². The fourth-order valence-corrected chi connectivity index (χ4v) is 2.23. The van der Waals surface area contributed by atoms with Gasteiger partial charge in [-0.15, -0.1) is 0 Å². The largest absolute Gasteiger partial charge is 0.340 e. The number of pyridine rings is 1. The smallest absolute Gasteiger partial charge is 0.167 e. The summed E-state index contributed by atoms with van der Waals surface area (Å²) in [7, 11) is 0. The molecule has 1 fully saturated rings. The van der Waals surface area contributed by atoms with Gasteiger partial charge in [-0.05, 0) is 25.7 Å². The van der Waals surface area contributed by atoms with Gasteiger partial charge in [0.05, 0.1) is 6.04 Å². The molecule has 0 saturated heterocycles. The molecule has 0 unspecified atom stereocenters. The van der Waals surface area contributed by atoms with E-state index in [0.29, 0.717) is 0 Å². The number of nitrogens with one attached hydrogen (secondary N) is 1. The van der Waals surface area contributed by atoms with Crippen molar-refractivity contribution < 1.29 is 10.3 Å². The van der Waals surface area contributed by atoms with E-state index in [0.717, 1.165) is 12.6 Å². The third kappa shape index (κ3) is 2.81. The van der Waals surface area contributed by atoms with Crippen LogP contribution in [0.3, 0.4) is 0 Å². The first kappa shape index (κ1) is 9.66. The highest BCUT2D eigenvalue weighted by molar-refractivity contribution is 5.04. The van der Waals surface area contributed by atoms with Crippen LogP contribution in [0.1, 0.15) is 37.7 Å². The first-order valence-electron chi connectivity index (χ1n) is 5.73. The third-order valence-corrected chi connectivity index (χ3v) is 3.12. The number of aromatic amines is 1. The second-order valence-corrected chi connectivity index (χ2v) is 4.25. The van der Waals surface area contributed by atoms with Gasteiger partial charge in [0.1, 0.15) is 6.54 Å². The van der Waals surface area contributed by atoms with Crippen LogP contribution in [-0.4, -0.2) is 6.04 Å². The Balaban J connectivity index is 1.76. The zero-order valence-corrected chi connectivity index (χ0v) is 8.71. The topological polar surface area (TPSA) is 30.8 Å². The molecule has 1 heterocycles. The van der Waals surface area contributed by atoms with E-state index in [9.17, 15) is 0 Å². The predicted molar refractivity (Wildman–Crippen MR) is 55.5 cm³/mol. The molecule has 76 valence electrons. The Morgan fingerprint density at radius 1 is 1.14 bits per heavy atom. The molecule has 0 atom stereocenters. The number of aromatic nitrogens is 1. The van der Waals surface area contributed by atoms with Crippen molar-refractivity contribution in [3.8, 4) is 0 Å². The first-order valence-corrected chi connectivity index (χ1v) is 5.73. The monoisotopic (exact) mass is 192 g/mol. The molecule has 0 radical (unpaired) electrons. The van der Waals surface area contributed by atoms with Gasteiger partial charge in [0, 0.05) is 17.7 Å². The average molecular weight is 192 g/mol. The summed E-state index contributed by atoms with van der Waals surface area (Å²) < 4.78 is 0. The molecule has 0 aromatic carbocycles. The maximum absolute atomic E-state index is 3.06. The highest BCUT2D eigenvalue weighted by atomic mass is 14.9. The van der Waals surface area contributed by atoms with E-state index in [1.807, 2.05) is 12.4 Å². The molecule has 1 aliphatic rings. The maximum Gasteiger partial charge on any atom is 0.167 e. The Labute approximate surface area is 85.7 Å². The zero-order valence-electron chi connectivity index (χ0n) is 8.71. The van der Waals surface area contributed by atoms with Gasteiger partial charge in [-0.1, -0.05) is 6.42 Å². The lowest BCUT2D eigenvalue weighted by atomic mass is 9.95. The molecule has 1 aliphatic carbocycles. The summed E-state index contributed by atoms with van der Waals surface area (Å²) >= 11 is 0. The molecular weight excluding hydrogens is 172 g/mol. The molecule has 3 N–H and O–H groups in total. The Hall–Kier alpha value is -0.890. The van der Waals surface area contributed by atoms with Crippen molar-refractivity contribution in [3.05, 3.63) is 30.1 Å². The number of hydrogen-bond donors (Lipinski definition) is 1. The van der Waals surface area contributed by atoms with Gasteiger partial charge < -0.3 is 5.32 Å². The molecule has 2 rings (SSSR count). The fraction of sp³-hybridized carbons (Fsp3) is 0.583. The van der Waals surface area contributed by atoms with Crippen molar-refractivity contribution in [1.82, 2.24) is 0 Å². The molecule has 2 heteroatoms. The van der Waals surface area contributed by atoms with Gasteiger partial charge in [-0.25, -0.2) is 4.98 Å². The van der Waals surface area contributed by atoms with Crippen LogP contribution in [0.5, 0.6) is 0 Å². The van der Waals surface area contributed by atoms with E-state index in [2.05, 4.69) is 22.4 Å². The minimum atomic E-state index is 0.882. The van der Waals surface area contributed by atoms with Gasteiger partial charge >= 0.3 is 0 Å². The standard InChI is InChI=1S/C12H18N2/c1-2-4-12(5-3-1)14-10-11-6-8-13-9-7-11/h6-9,12,14H,1-5,10H2/p+2. The summed E-state index contributed by atoms with van der Waals surface area (Å²) in [5.41, 5.74) is 1.43. The molecule has 1 aromatic rings. The van der Waals surface area contributed by atoms with Gasteiger partial charge in [0.25, 0.3) is 0 Å². The van der Waals surface area contributed by atoms with E-state index >= 15 is 0 Å². The SMILES string of the molecule is c1cc(C[NH2+]C2CCCCC2)cc[nH+]1. The average Bonchev–Trinajstić information content (AvgIpc) is 2.29. The van der Waals surface area contributed by atoms with Crippen molar-refractivity contribution in [2.75, 3.05) is 0 Å². The van der Waals surface area contributed by atoms with Crippen LogP contribution in [0.25, 0.3) is 0 Å². The van der Waals surface area contributed by atoms with Crippen molar-refractivity contribution >= 4 is 0 Å². The molecule has 0 amide bonds. The lowest BCUT2D eigenvalue weighted by Gasteiger charge is -2.19. The second kappa shape index (κ2) is 5.11. The lowest BCUT2D eigenvalue weighted by molar-refractivity contribution is -0.706. The fourth-order valence-electron chi connectivity index (χ4n) is 2.23. The van der Waals surface area contributed by atoms with Gasteiger partial charge in [0.2, 0.25) is 0 Å². The Morgan fingerprint density at radius 2 is 1.86 bits per heavy atom. The number of H-pyrrole nitrogens is 1. The number of quaternary nitrogens is 1. The van der Waals surface area contributed by atoms with E-state index in [-0.39, 0.29) is 0 Å². The van der Waals surface area contributed by atoms with Crippen LogP contribution in [-0.2, 0) is 6.54 Å². The van der Waals surface area contributed by atoms with Crippen LogP contribution in [0.4, 0.5) is 0 Å². The highest BCUT2D eigenvalue weighted by Gasteiger charge is 2.15. The van der Waals surface area contributed by atoms with E-state index in [1.165, 1.54) is 37.7 Å². The minimum absolute atomic E-state index is 0.882. The van der Waals surface area contributed by atoms with E-state index in [1.54, 1.807) is 0 Å². The molecule has 0 aliphatic heterocycles. The lowest BCUT2D eigenvalue weighted by Crippen LogP contribution is -2.88. The summed E-state index contributed by atoms with van der Waals surface area (Å²) in [5.74, 6) is 0. The Morgan fingerprint density at radius 3 is 2.57 bits per heavy atom. The van der Waals surface area contributed by atoms with E-state index in [4.69, 9.17) is 0 Å². The molecule has 0 bridgehead atoms. The van der Waals surface area contributed by atoms with Crippen LogP contribution >= 0.6 is 0 Å². The number of hydrogen-bond acceptors (Lipinski definition) is 0. The number of nitrogens with two attached hydrogens (primary N) is 1. The van der Waals surface area contributed by atoms with Gasteiger partial charge in [-0.3, -0.25) is 0 Å². The summed E-state index contributed by atoms with van der Waals surface area (Å²) in [4.78, 5) is 3.06. The minimum Gasteiger partial charge on any atom is -0.340 e. The van der Waals surface area contributed by atoms with Crippen molar-refractivity contribution in [2.45, 2.75) is 44.7 Å². The molecule has 0 spiro atoms. The van der Waals surface area contributed by atoms with Crippen LogP contribution in [0, 0.1) is 0 Å². The normalized spacial score (nSPS) is 18.3. The summed E-state index contributed by atoms with van der Waals surface area (Å²) in [6.45, 7) is 1.14. The van der Waals surface area contributed by atoms with Crippen molar-refractivity contribution in [3.63, 3.8) is 0 Å². The van der Waals surface area contributed by atoms with Crippen LogP contribution < -0.4 is 10.3 Å². The quantitative estimate of drug-likeness (QED) is 0.737. The van der Waals surface area contributed by atoms with Crippen LogP contribution in [0.15, 0.2) is 24.5 Å². The first-order chi connectivity index (χ1) is 6.95. The maximum atomic E-state index is 3.06. The number of rotatable bonds is 3. The second-order valence-electron chi connectivity index (χ2n) is 4.25. The van der Waals surface area contributed by atoms with E-state index < -0.39 is 0 Å². The molecule has 1 saturated carbocycles. The Kier molecular flexibility index (Phi) is 3.52. The summed E-state index contributed by atoms with van der Waals surface area (Å²) in [6.07, 6.45) is 11.2. The van der Waals surface area contributed by atoms with Crippen molar-refractivity contribution in [2.24, 2.45) is 0 Å². The molecule has 2 nitrogen and oxygen atoms in total. The molecule has 14 heavy (non-hydrogen) atoms. The third-order valence-electron chi connectivity index (χ3n) is 3.12. The summed E-state index contributed by atoms with van der Waals surface area (Å²) in [6, 6.07) is 5.21. The zero-order chi connectivity index (χ0) is 9.64. The Bertz CT molecular complexity index is 252. The van der Waals surface area contributed by atoms with Crippen molar-refractivity contribution in [1.29, 1.82) is 0 Å². The highest BCUT2D eigenvalue weighted by Crippen LogP contribution is 2.14. The molecular formula is C12H20N2+2. The van der Waals surface area contributed by atoms with Gasteiger partial charge in [-0.2, -0.15) is 0 Å².